The van der Waals surface area contributed by atoms with Gasteiger partial charge in [0.1, 0.15) is 0 Å². The van der Waals surface area contributed by atoms with Gasteiger partial charge in [-0.05, 0) is 32.1 Å². The summed E-state index contributed by atoms with van der Waals surface area (Å²) in [6, 6.07) is 0. The third-order valence-electron chi connectivity index (χ3n) is 3.31. The molecule has 3 heteroatoms. The van der Waals surface area contributed by atoms with E-state index in [2.05, 4.69) is 5.32 Å². The lowest BCUT2D eigenvalue weighted by molar-refractivity contribution is -0.128. The van der Waals surface area contributed by atoms with E-state index < -0.39 is 0 Å². The molecule has 2 aliphatic rings. The van der Waals surface area contributed by atoms with E-state index in [1.807, 2.05) is 0 Å². The van der Waals surface area contributed by atoms with Gasteiger partial charge in [-0.2, -0.15) is 0 Å². The van der Waals surface area contributed by atoms with Crippen molar-refractivity contribution in [3.8, 4) is 0 Å². The first-order chi connectivity index (χ1) is 6.26. The molecule has 2 saturated carbocycles. The van der Waals surface area contributed by atoms with Gasteiger partial charge in [0, 0.05) is 18.1 Å². The van der Waals surface area contributed by atoms with E-state index in [0.717, 1.165) is 32.1 Å². The second-order valence-electron chi connectivity index (χ2n) is 4.37. The van der Waals surface area contributed by atoms with Gasteiger partial charge in [0.25, 0.3) is 0 Å². The van der Waals surface area contributed by atoms with Gasteiger partial charge in [0.2, 0.25) is 5.91 Å². The van der Waals surface area contributed by atoms with Crippen molar-refractivity contribution in [2.75, 3.05) is 6.61 Å². The fourth-order valence-corrected chi connectivity index (χ4v) is 1.84. The van der Waals surface area contributed by atoms with Crippen LogP contribution in [0.2, 0.25) is 0 Å². The maximum absolute atomic E-state index is 11.6. The van der Waals surface area contributed by atoms with Crippen molar-refractivity contribution in [1.29, 1.82) is 0 Å². The molecule has 0 aromatic rings. The average Bonchev–Trinajstić information content (AvgIpc) is 2.65. The third kappa shape index (κ3) is 1.85. The summed E-state index contributed by atoms with van der Waals surface area (Å²) in [5.41, 5.74) is -0.0125. The molecule has 0 spiro atoms. The van der Waals surface area contributed by atoms with Crippen LogP contribution in [-0.4, -0.2) is 23.2 Å². The zero-order valence-electron chi connectivity index (χ0n) is 7.88. The average molecular weight is 183 g/mol. The Morgan fingerprint density at radius 3 is 2.54 bits per heavy atom. The molecule has 0 heterocycles. The van der Waals surface area contributed by atoms with Gasteiger partial charge < -0.3 is 10.4 Å². The molecule has 0 atom stereocenters. The lowest BCUT2D eigenvalue weighted by Gasteiger charge is -2.27. The Bertz CT molecular complexity index is 207. The number of carbonyl (C=O) groups is 1. The molecule has 2 aliphatic carbocycles. The Kier molecular flexibility index (Phi) is 2.28. The molecule has 1 amide bonds. The summed E-state index contributed by atoms with van der Waals surface area (Å²) in [4.78, 5) is 11.6. The number of nitrogens with one attached hydrogen (secondary N) is 1. The van der Waals surface area contributed by atoms with Crippen LogP contribution in [0.1, 0.15) is 38.5 Å². The summed E-state index contributed by atoms with van der Waals surface area (Å²) < 4.78 is 0. The number of aliphatic hydroxyl groups is 1. The lowest BCUT2D eigenvalue weighted by atomic mass is 9.84. The predicted octanol–water partition coefficient (Wildman–Crippen LogP) is 0.818. The van der Waals surface area contributed by atoms with Crippen LogP contribution in [0.15, 0.2) is 0 Å². The summed E-state index contributed by atoms with van der Waals surface area (Å²) >= 11 is 0. The van der Waals surface area contributed by atoms with Crippen LogP contribution in [0.3, 0.4) is 0 Å². The molecular formula is C10H17NO2. The predicted molar refractivity (Wildman–Crippen MR) is 49.2 cm³/mol. The molecule has 2 rings (SSSR count). The Labute approximate surface area is 78.5 Å². The number of amides is 1. The maximum Gasteiger partial charge on any atom is 0.223 e. The zero-order chi connectivity index (χ0) is 9.31. The van der Waals surface area contributed by atoms with Crippen molar-refractivity contribution in [1.82, 2.24) is 5.32 Å². The normalized spacial score (nSPS) is 25.0. The molecule has 13 heavy (non-hydrogen) atoms. The van der Waals surface area contributed by atoms with E-state index in [1.54, 1.807) is 0 Å². The van der Waals surface area contributed by atoms with Gasteiger partial charge in [0.15, 0.2) is 0 Å². The van der Waals surface area contributed by atoms with Gasteiger partial charge in [-0.25, -0.2) is 0 Å². The van der Waals surface area contributed by atoms with Crippen LogP contribution in [0.4, 0.5) is 0 Å². The highest BCUT2D eigenvalue weighted by molar-refractivity contribution is 5.80. The highest BCUT2D eigenvalue weighted by Crippen LogP contribution is 2.39. The highest BCUT2D eigenvalue weighted by Gasteiger charge is 2.44. The Hall–Kier alpha value is -0.570. The molecule has 0 aliphatic heterocycles. The minimum atomic E-state index is -0.0125. The molecule has 0 radical (unpaired) electrons. The molecule has 74 valence electrons. The Balaban J connectivity index is 1.79. The SMILES string of the molecule is O=C(NC1(CCO)CC1)C1CCC1. The topological polar surface area (TPSA) is 49.3 Å². The molecule has 2 N–H and O–H groups in total. The molecule has 0 bridgehead atoms. The third-order valence-corrected chi connectivity index (χ3v) is 3.31. The molecular weight excluding hydrogens is 166 g/mol. The second kappa shape index (κ2) is 3.29. The van der Waals surface area contributed by atoms with E-state index in [-0.39, 0.29) is 24.0 Å². The quantitative estimate of drug-likeness (QED) is 0.678. The molecule has 0 saturated heterocycles. The van der Waals surface area contributed by atoms with Crippen LogP contribution < -0.4 is 5.32 Å². The van der Waals surface area contributed by atoms with Gasteiger partial charge in [-0.1, -0.05) is 6.42 Å². The molecule has 0 unspecified atom stereocenters. The van der Waals surface area contributed by atoms with E-state index >= 15 is 0 Å². The zero-order valence-corrected chi connectivity index (χ0v) is 7.88. The van der Waals surface area contributed by atoms with Crippen LogP contribution in [0.25, 0.3) is 0 Å². The number of carbonyl (C=O) groups excluding carboxylic acids is 1. The summed E-state index contributed by atoms with van der Waals surface area (Å²) in [6.45, 7) is 0.185. The summed E-state index contributed by atoms with van der Waals surface area (Å²) in [5, 5.41) is 11.9. The largest absolute Gasteiger partial charge is 0.396 e. The molecule has 2 fully saturated rings. The van der Waals surface area contributed by atoms with Crippen LogP contribution >= 0.6 is 0 Å². The fraction of sp³-hybridized carbons (Fsp3) is 0.900. The number of hydrogen-bond donors (Lipinski definition) is 2. The Morgan fingerprint density at radius 2 is 2.15 bits per heavy atom. The minimum absolute atomic E-state index is 0.0125. The van der Waals surface area contributed by atoms with Crippen molar-refractivity contribution in [3.63, 3.8) is 0 Å². The van der Waals surface area contributed by atoms with Crippen LogP contribution in [0, 0.1) is 5.92 Å². The first-order valence-electron chi connectivity index (χ1n) is 5.19. The van der Waals surface area contributed by atoms with Gasteiger partial charge in [0.05, 0.1) is 0 Å². The van der Waals surface area contributed by atoms with Crippen molar-refractivity contribution in [2.24, 2.45) is 5.92 Å². The summed E-state index contributed by atoms with van der Waals surface area (Å²) in [7, 11) is 0. The number of rotatable bonds is 4. The maximum atomic E-state index is 11.6. The molecule has 0 aromatic heterocycles. The molecule has 0 aromatic carbocycles. The van der Waals surface area contributed by atoms with Gasteiger partial charge in [-0.3, -0.25) is 4.79 Å². The standard InChI is InChI=1S/C10H17NO2/c12-7-6-10(4-5-10)11-9(13)8-2-1-3-8/h8,12H,1-7H2,(H,11,13). The van der Waals surface area contributed by atoms with Crippen molar-refractivity contribution >= 4 is 5.91 Å². The first kappa shape index (κ1) is 9.00. The van der Waals surface area contributed by atoms with Gasteiger partial charge >= 0.3 is 0 Å². The Morgan fingerprint density at radius 1 is 1.46 bits per heavy atom. The fourth-order valence-electron chi connectivity index (χ4n) is 1.84. The number of hydrogen-bond acceptors (Lipinski definition) is 2. The lowest BCUT2D eigenvalue weighted by Crippen LogP contribution is -2.43. The number of aliphatic hydroxyl groups excluding tert-OH is 1. The van der Waals surface area contributed by atoms with Crippen molar-refractivity contribution in [2.45, 2.75) is 44.1 Å². The van der Waals surface area contributed by atoms with E-state index in [0.29, 0.717) is 0 Å². The first-order valence-corrected chi connectivity index (χ1v) is 5.19. The highest BCUT2D eigenvalue weighted by atomic mass is 16.3. The van der Waals surface area contributed by atoms with Crippen LogP contribution in [-0.2, 0) is 4.79 Å². The molecule has 3 nitrogen and oxygen atoms in total. The van der Waals surface area contributed by atoms with Crippen molar-refractivity contribution < 1.29 is 9.90 Å². The smallest absolute Gasteiger partial charge is 0.223 e. The monoisotopic (exact) mass is 183 g/mol. The van der Waals surface area contributed by atoms with E-state index in [4.69, 9.17) is 5.11 Å². The van der Waals surface area contributed by atoms with Crippen LogP contribution in [0.5, 0.6) is 0 Å². The van der Waals surface area contributed by atoms with Gasteiger partial charge in [-0.15, -0.1) is 0 Å². The van der Waals surface area contributed by atoms with E-state index in [9.17, 15) is 4.79 Å². The van der Waals surface area contributed by atoms with E-state index in [1.165, 1.54) is 6.42 Å². The summed E-state index contributed by atoms with van der Waals surface area (Å²) in [5.74, 6) is 0.494. The summed E-state index contributed by atoms with van der Waals surface area (Å²) in [6.07, 6.45) is 6.14. The second-order valence-corrected chi connectivity index (χ2v) is 4.37. The minimum Gasteiger partial charge on any atom is -0.396 e. The van der Waals surface area contributed by atoms with Crippen molar-refractivity contribution in [3.05, 3.63) is 0 Å².